The molecule has 3 rings (SSSR count). The minimum absolute atomic E-state index is 0.592. The molecule has 2 aliphatic rings. The van der Waals surface area contributed by atoms with Crippen LogP contribution in [0.5, 0.6) is 0 Å². The monoisotopic (exact) mass is 278 g/mol. The fourth-order valence-corrected chi connectivity index (χ4v) is 3.83. The highest BCUT2D eigenvalue weighted by atomic mass is 35.5. The van der Waals surface area contributed by atoms with Gasteiger partial charge in [-0.2, -0.15) is 0 Å². The first-order chi connectivity index (χ1) is 9.24. The molecular weight excluding hydrogens is 256 g/mol. The van der Waals surface area contributed by atoms with Crippen molar-refractivity contribution in [3.05, 3.63) is 34.3 Å². The molecule has 19 heavy (non-hydrogen) atoms. The second-order valence-electron chi connectivity index (χ2n) is 6.05. The topological polar surface area (TPSA) is 15.3 Å². The predicted octanol–water partition coefficient (Wildman–Crippen LogP) is 3.26. The molecule has 1 aromatic rings. The third kappa shape index (κ3) is 2.96. The summed E-state index contributed by atoms with van der Waals surface area (Å²) in [6, 6.07) is 7.00. The molecule has 1 aromatic carbocycles. The fraction of sp³-hybridized carbons (Fsp3) is 0.625. The number of halogens is 1. The SMILES string of the molecule is CN(CC1CCCNC1)C1CCc2cc(Cl)ccc21. The van der Waals surface area contributed by atoms with Crippen LogP contribution >= 0.6 is 11.6 Å². The highest BCUT2D eigenvalue weighted by molar-refractivity contribution is 6.30. The average molecular weight is 279 g/mol. The molecule has 0 saturated carbocycles. The second kappa shape index (κ2) is 5.82. The van der Waals surface area contributed by atoms with Gasteiger partial charge in [-0.05, 0) is 75.0 Å². The first-order valence-corrected chi connectivity index (χ1v) is 7.81. The van der Waals surface area contributed by atoms with Crippen molar-refractivity contribution in [1.29, 1.82) is 0 Å². The van der Waals surface area contributed by atoms with Crippen LogP contribution in [0.4, 0.5) is 0 Å². The normalized spacial score (nSPS) is 26.7. The van der Waals surface area contributed by atoms with E-state index < -0.39 is 0 Å². The van der Waals surface area contributed by atoms with E-state index >= 15 is 0 Å². The third-order valence-corrected chi connectivity index (χ3v) is 4.86. The predicted molar refractivity (Wildman–Crippen MR) is 80.7 cm³/mol. The molecule has 3 heteroatoms. The van der Waals surface area contributed by atoms with Gasteiger partial charge < -0.3 is 5.32 Å². The number of nitrogens with zero attached hydrogens (tertiary/aromatic N) is 1. The van der Waals surface area contributed by atoms with Crippen LogP contribution < -0.4 is 5.32 Å². The zero-order valence-corrected chi connectivity index (χ0v) is 12.4. The quantitative estimate of drug-likeness (QED) is 0.913. The minimum atomic E-state index is 0.592. The van der Waals surface area contributed by atoms with Crippen molar-refractivity contribution in [2.75, 3.05) is 26.7 Å². The van der Waals surface area contributed by atoms with E-state index in [2.05, 4.69) is 29.4 Å². The van der Waals surface area contributed by atoms with Gasteiger partial charge in [0.2, 0.25) is 0 Å². The van der Waals surface area contributed by atoms with E-state index in [0.717, 1.165) is 10.9 Å². The van der Waals surface area contributed by atoms with Gasteiger partial charge >= 0.3 is 0 Å². The van der Waals surface area contributed by atoms with Crippen molar-refractivity contribution in [3.63, 3.8) is 0 Å². The Morgan fingerprint density at radius 2 is 2.26 bits per heavy atom. The maximum Gasteiger partial charge on any atom is 0.0408 e. The molecule has 0 amide bonds. The van der Waals surface area contributed by atoms with Gasteiger partial charge in [0.15, 0.2) is 0 Å². The van der Waals surface area contributed by atoms with Gasteiger partial charge in [-0.1, -0.05) is 17.7 Å². The second-order valence-corrected chi connectivity index (χ2v) is 6.49. The van der Waals surface area contributed by atoms with Crippen molar-refractivity contribution in [1.82, 2.24) is 10.2 Å². The standard InChI is InChI=1S/C16H23ClN2/c1-19(11-12-3-2-8-18-10-12)16-7-4-13-9-14(17)5-6-15(13)16/h5-6,9,12,16,18H,2-4,7-8,10-11H2,1H3. The molecule has 1 aliphatic heterocycles. The van der Waals surface area contributed by atoms with Gasteiger partial charge in [0, 0.05) is 17.6 Å². The zero-order chi connectivity index (χ0) is 13.2. The van der Waals surface area contributed by atoms with E-state index in [0.29, 0.717) is 6.04 Å². The number of rotatable bonds is 3. The van der Waals surface area contributed by atoms with Crippen LogP contribution in [0.15, 0.2) is 18.2 Å². The van der Waals surface area contributed by atoms with Crippen LogP contribution in [0.3, 0.4) is 0 Å². The Balaban J connectivity index is 1.67. The number of fused-ring (bicyclic) bond motifs is 1. The number of piperidine rings is 1. The van der Waals surface area contributed by atoms with E-state index in [1.165, 1.54) is 56.4 Å². The Kier molecular flexibility index (Phi) is 4.11. The van der Waals surface area contributed by atoms with E-state index in [9.17, 15) is 0 Å². The number of hydrogen-bond donors (Lipinski definition) is 1. The molecule has 0 spiro atoms. The fourth-order valence-electron chi connectivity index (χ4n) is 3.64. The van der Waals surface area contributed by atoms with E-state index in [1.54, 1.807) is 0 Å². The lowest BCUT2D eigenvalue weighted by molar-refractivity contribution is 0.188. The Labute approximate surface area is 121 Å². The molecule has 104 valence electrons. The van der Waals surface area contributed by atoms with Crippen molar-refractivity contribution >= 4 is 11.6 Å². The van der Waals surface area contributed by atoms with Crippen LogP contribution in [-0.4, -0.2) is 31.6 Å². The lowest BCUT2D eigenvalue weighted by Crippen LogP contribution is -2.37. The molecule has 2 atom stereocenters. The maximum atomic E-state index is 6.08. The summed E-state index contributed by atoms with van der Waals surface area (Å²) in [6.07, 6.45) is 5.12. The molecule has 1 saturated heterocycles. The summed E-state index contributed by atoms with van der Waals surface area (Å²) in [5, 5.41) is 4.39. The van der Waals surface area contributed by atoms with E-state index in [-0.39, 0.29) is 0 Å². The van der Waals surface area contributed by atoms with Crippen molar-refractivity contribution < 1.29 is 0 Å². The van der Waals surface area contributed by atoms with Crippen LogP contribution in [-0.2, 0) is 6.42 Å². The summed E-state index contributed by atoms with van der Waals surface area (Å²) < 4.78 is 0. The molecule has 0 bridgehead atoms. The average Bonchev–Trinajstić information content (AvgIpc) is 2.82. The summed E-state index contributed by atoms with van der Waals surface area (Å²) >= 11 is 6.08. The van der Waals surface area contributed by atoms with Crippen LogP contribution in [0.25, 0.3) is 0 Å². The van der Waals surface area contributed by atoms with Gasteiger partial charge in [0.1, 0.15) is 0 Å². The number of aryl methyl sites for hydroxylation is 1. The molecule has 1 aliphatic carbocycles. The minimum Gasteiger partial charge on any atom is -0.316 e. The third-order valence-electron chi connectivity index (χ3n) is 4.63. The molecule has 1 N–H and O–H groups in total. The number of hydrogen-bond acceptors (Lipinski definition) is 2. The molecule has 1 fully saturated rings. The molecule has 0 radical (unpaired) electrons. The van der Waals surface area contributed by atoms with Gasteiger partial charge in [0.05, 0.1) is 0 Å². The van der Waals surface area contributed by atoms with Gasteiger partial charge in [-0.3, -0.25) is 4.90 Å². The summed E-state index contributed by atoms with van der Waals surface area (Å²) in [4.78, 5) is 2.55. The lowest BCUT2D eigenvalue weighted by Gasteiger charge is -2.31. The zero-order valence-electron chi connectivity index (χ0n) is 11.7. The van der Waals surface area contributed by atoms with Crippen molar-refractivity contribution in [2.24, 2.45) is 5.92 Å². The molecule has 2 unspecified atom stereocenters. The Morgan fingerprint density at radius 1 is 1.37 bits per heavy atom. The molecule has 0 aromatic heterocycles. The number of nitrogens with one attached hydrogen (secondary N) is 1. The lowest BCUT2D eigenvalue weighted by atomic mass is 9.98. The molecular formula is C16H23ClN2. The highest BCUT2D eigenvalue weighted by Gasteiger charge is 2.27. The van der Waals surface area contributed by atoms with Crippen LogP contribution in [0.1, 0.15) is 36.4 Å². The molecule has 1 heterocycles. The largest absolute Gasteiger partial charge is 0.316 e. The summed E-state index contributed by atoms with van der Waals surface area (Å²) in [5.74, 6) is 0.815. The Bertz CT molecular complexity index is 440. The van der Waals surface area contributed by atoms with Gasteiger partial charge in [-0.15, -0.1) is 0 Å². The van der Waals surface area contributed by atoms with Crippen LogP contribution in [0.2, 0.25) is 5.02 Å². The maximum absolute atomic E-state index is 6.08. The molecule has 2 nitrogen and oxygen atoms in total. The van der Waals surface area contributed by atoms with Crippen molar-refractivity contribution in [2.45, 2.75) is 31.7 Å². The smallest absolute Gasteiger partial charge is 0.0408 e. The first-order valence-electron chi connectivity index (χ1n) is 7.43. The van der Waals surface area contributed by atoms with E-state index in [1.807, 2.05) is 6.07 Å². The van der Waals surface area contributed by atoms with Crippen LogP contribution in [0, 0.1) is 5.92 Å². The summed E-state index contributed by atoms with van der Waals surface area (Å²) in [5.41, 5.74) is 2.95. The first kappa shape index (κ1) is 13.4. The Morgan fingerprint density at radius 3 is 3.05 bits per heavy atom. The van der Waals surface area contributed by atoms with E-state index in [4.69, 9.17) is 11.6 Å². The highest BCUT2D eigenvalue weighted by Crippen LogP contribution is 2.36. The Hall–Kier alpha value is -0.570. The van der Waals surface area contributed by atoms with Crippen molar-refractivity contribution in [3.8, 4) is 0 Å². The van der Waals surface area contributed by atoms with Gasteiger partial charge in [0.25, 0.3) is 0 Å². The summed E-state index contributed by atoms with van der Waals surface area (Å²) in [7, 11) is 2.28. The van der Waals surface area contributed by atoms with Gasteiger partial charge in [-0.25, -0.2) is 0 Å². The number of benzene rings is 1. The summed E-state index contributed by atoms with van der Waals surface area (Å²) in [6.45, 7) is 3.59.